The van der Waals surface area contributed by atoms with E-state index in [1.807, 2.05) is 13.0 Å². The zero-order chi connectivity index (χ0) is 15.6. The summed E-state index contributed by atoms with van der Waals surface area (Å²) in [6.07, 6.45) is 0.739. The van der Waals surface area contributed by atoms with Crippen molar-refractivity contribution >= 4 is 17.7 Å². The molecule has 0 saturated carbocycles. The fraction of sp³-hybridized carbons (Fsp3) is 0.467. The molecule has 1 heterocycles. The smallest absolute Gasteiger partial charge is 0.337 e. The van der Waals surface area contributed by atoms with Gasteiger partial charge in [0, 0.05) is 13.1 Å². The number of likely N-dealkylation sites (tertiary alicyclic amines) is 1. The molecule has 114 valence electrons. The largest absolute Gasteiger partial charge is 0.478 e. The Balaban J connectivity index is 2.19. The number of aromatic carboxylic acids is 1. The Kier molecular flexibility index (Phi) is 4.47. The molecule has 6 heteroatoms. The van der Waals surface area contributed by atoms with Gasteiger partial charge in [-0.2, -0.15) is 0 Å². The fourth-order valence-electron chi connectivity index (χ4n) is 2.56. The van der Waals surface area contributed by atoms with Gasteiger partial charge < -0.3 is 20.4 Å². The molecule has 1 saturated heterocycles. The summed E-state index contributed by atoms with van der Waals surface area (Å²) in [5.74, 6) is -1.06. The summed E-state index contributed by atoms with van der Waals surface area (Å²) in [6.45, 7) is 4.53. The zero-order valence-electron chi connectivity index (χ0n) is 12.2. The molecule has 21 heavy (non-hydrogen) atoms. The van der Waals surface area contributed by atoms with E-state index < -0.39 is 5.97 Å². The number of benzene rings is 1. The molecule has 2 amide bonds. The van der Waals surface area contributed by atoms with Crippen LogP contribution >= 0.6 is 0 Å². The molecule has 1 aromatic carbocycles. The second kappa shape index (κ2) is 6.13. The number of carboxylic acid groups (broad SMARTS) is 1. The van der Waals surface area contributed by atoms with Gasteiger partial charge in [0.2, 0.25) is 0 Å². The van der Waals surface area contributed by atoms with E-state index in [-0.39, 0.29) is 17.7 Å². The van der Waals surface area contributed by atoms with E-state index in [0.29, 0.717) is 31.6 Å². The highest BCUT2D eigenvalue weighted by atomic mass is 16.4. The zero-order valence-corrected chi connectivity index (χ0v) is 12.2. The van der Waals surface area contributed by atoms with E-state index in [9.17, 15) is 19.8 Å². The van der Waals surface area contributed by atoms with Gasteiger partial charge in [0.05, 0.1) is 17.4 Å². The van der Waals surface area contributed by atoms with Crippen LogP contribution in [-0.2, 0) is 0 Å². The van der Waals surface area contributed by atoms with E-state index in [2.05, 4.69) is 5.32 Å². The van der Waals surface area contributed by atoms with Crippen LogP contribution in [0.15, 0.2) is 12.1 Å². The number of aliphatic hydroxyl groups excluding tert-OH is 1. The van der Waals surface area contributed by atoms with Crippen molar-refractivity contribution in [1.29, 1.82) is 0 Å². The van der Waals surface area contributed by atoms with Crippen LogP contribution in [0.5, 0.6) is 0 Å². The second-order valence-electron chi connectivity index (χ2n) is 5.46. The molecule has 1 aromatic rings. The molecule has 3 N–H and O–H groups in total. The number of amides is 2. The summed E-state index contributed by atoms with van der Waals surface area (Å²) in [7, 11) is 0. The lowest BCUT2D eigenvalue weighted by Gasteiger charge is -2.30. The summed E-state index contributed by atoms with van der Waals surface area (Å²) < 4.78 is 0. The van der Waals surface area contributed by atoms with Crippen LogP contribution in [0.1, 0.15) is 34.3 Å². The SMILES string of the molecule is Cc1cc(C)c(NC(=O)N2CCC(O)CC2)c(C(=O)O)c1. The molecule has 0 radical (unpaired) electrons. The third-order valence-corrected chi connectivity index (χ3v) is 3.69. The molecule has 1 fully saturated rings. The number of nitrogens with zero attached hydrogens (tertiary/aromatic N) is 1. The average Bonchev–Trinajstić information content (AvgIpc) is 2.41. The quantitative estimate of drug-likeness (QED) is 0.777. The molecule has 1 aliphatic heterocycles. The van der Waals surface area contributed by atoms with Crippen LogP contribution in [0.25, 0.3) is 0 Å². The minimum Gasteiger partial charge on any atom is -0.478 e. The van der Waals surface area contributed by atoms with Gasteiger partial charge in [-0.25, -0.2) is 9.59 Å². The molecular formula is C15H20N2O4. The van der Waals surface area contributed by atoms with Crippen molar-refractivity contribution in [1.82, 2.24) is 4.90 Å². The minimum atomic E-state index is -1.06. The van der Waals surface area contributed by atoms with Crippen molar-refractivity contribution in [3.8, 4) is 0 Å². The highest BCUT2D eigenvalue weighted by molar-refractivity contribution is 6.01. The highest BCUT2D eigenvalue weighted by Crippen LogP contribution is 2.24. The predicted molar refractivity (Wildman–Crippen MR) is 78.7 cm³/mol. The van der Waals surface area contributed by atoms with Crippen LogP contribution < -0.4 is 5.32 Å². The summed E-state index contributed by atoms with van der Waals surface area (Å²) in [5, 5.41) is 21.4. The van der Waals surface area contributed by atoms with Crippen molar-refractivity contribution in [2.24, 2.45) is 0 Å². The predicted octanol–water partition coefficient (Wildman–Crippen LogP) is 1.99. The molecule has 0 unspecified atom stereocenters. The van der Waals surface area contributed by atoms with Crippen LogP contribution in [0, 0.1) is 13.8 Å². The van der Waals surface area contributed by atoms with Gasteiger partial charge in [-0.1, -0.05) is 6.07 Å². The van der Waals surface area contributed by atoms with Crippen LogP contribution in [0.4, 0.5) is 10.5 Å². The Bertz CT molecular complexity index is 563. The number of nitrogens with one attached hydrogen (secondary N) is 1. The maximum absolute atomic E-state index is 12.2. The number of carbonyl (C=O) groups is 2. The first-order valence-electron chi connectivity index (χ1n) is 6.97. The van der Waals surface area contributed by atoms with Crippen molar-refractivity contribution in [2.75, 3.05) is 18.4 Å². The third-order valence-electron chi connectivity index (χ3n) is 3.69. The standard InChI is InChI=1S/C15H20N2O4/c1-9-7-10(2)13(12(8-9)14(19)20)16-15(21)17-5-3-11(18)4-6-17/h7-8,11,18H,3-6H2,1-2H3,(H,16,21)(H,19,20). The summed E-state index contributed by atoms with van der Waals surface area (Å²) in [4.78, 5) is 25.2. The average molecular weight is 292 g/mol. The van der Waals surface area contributed by atoms with E-state index in [1.165, 1.54) is 0 Å². The maximum atomic E-state index is 12.2. The van der Waals surface area contributed by atoms with Gasteiger partial charge in [-0.05, 0) is 43.9 Å². The van der Waals surface area contributed by atoms with Crippen molar-refractivity contribution in [2.45, 2.75) is 32.8 Å². The number of urea groups is 1. The number of piperidine rings is 1. The normalized spacial score (nSPS) is 15.9. The Hall–Kier alpha value is -2.08. The number of hydrogen-bond acceptors (Lipinski definition) is 3. The Morgan fingerprint density at radius 3 is 2.43 bits per heavy atom. The monoisotopic (exact) mass is 292 g/mol. The van der Waals surface area contributed by atoms with Crippen molar-refractivity contribution < 1.29 is 19.8 Å². The van der Waals surface area contributed by atoms with E-state index in [1.54, 1.807) is 17.9 Å². The van der Waals surface area contributed by atoms with Crippen LogP contribution in [0.3, 0.4) is 0 Å². The minimum absolute atomic E-state index is 0.0953. The van der Waals surface area contributed by atoms with Crippen molar-refractivity contribution in [3.05, 3.63) is 28.8 Å². The molecule has 0 atom stereocenters. The number of carbonyl (C=O) groups excluding carboxylic acids is 1. The first kappa shape index (κ1) is 15.3. The number of hydrogen-bond donors (Lipinski definition) is 3. The van der Waals surface area contributed by atoms with Gasteiger partial charge >= 0.3 is 12.0 Å². The Labute approximate surface area is 123 Å². The Morgan fingerprint density at radius 2 is 1.86 bits per heavy atom. The molecule has 2 rings (SSSR count). The lowest BCUT2D eigenvalue weighted by atomic mass is 10.0. The first-order chi connectivity index (χ1) is 9.88. The molecule has 6 nitrogen and oxygen atoms in total. The maximum Gasteiger partial charge on any atom is 0.337 e. The van der Waals surface area contributed by atoms with Crippen molar-refractivity contribution in [3.63, 3.8) is 0 Å². The van der Waals surface area contributed by atoms with Gasteiger partial charge in [0.25, 0.3) is 0 Å². The van der Waals surface area contributed by atoms with Crippen LogP contribution in [-0.4, -0.2) is 46.3 Å². The summed E-state index contributed by atoms with van der Waals surface area (Å²) in [6, 6.07) is 3.06. The summed E-state index contributed by atoms with van der Waals surface area (Å²) >= 11 is 0. The molecule has 0 aromatic heterocycles. The van der Waals surface area contributed by atoms with E-state index in [4.69, 9.17) is 0 Å². The first-order valence-corrected chi connectivity index (χ1v) is 6.97. The molecule has 1 aliphatic rings. The van der Waals surface area contributed by atoms with Crippen LogP contribution in [0.2, 0.25) is 0 Å². The molecular weight excluding hydrogens is 272 g/mol. The van der Waals surface area contributed by atoms with Gasteiger partial charge in [0.1, 0.15) is 0 Å². The molecule has 0 bridgehead atoms. The number of rotatable bonds is 2. The number of aliphatic hydroxyl groups is 1. The van der Waals surface area contributed by atoms with Gasteiger partial charge in [0.15, 0.2) is 0 Å². The molecule has 0 spiro atoms. The van der Waals surface area contributed by atoms with Gasteiger partial charge in [-0.3, -0.25) is 0 Å². The lowest BCUT2D eigenvalue weighted by Crippen LogP contribution is -2.42. The third kappa shape index (κ3) is 3.52. The topological polar surface area (TPSA) is 89.9 Å². The number of anilines is 1. The Morgan fingerprint density at radius 1 is 1.24 bits per heavy atom. The van der Waals surface area contributed by atoms with Gasteiger partial charge in [-0.15, -0.1) is 0 Å². The van der Waals surface area contributed by atoms with E-state index in [0.717, 1.165) is 11.1 Å². The number of aryl methyl sites for hydroxylation is 2. The highest BCUT2D eigenvalue weighted by Gasteiger charge is 2.23. The molecule has 0 aliphatic carbocycles. The van der Waals surface area contributed by atoms with E-state index >= 15 is 0 Å². The number of carboxylic acids is 1. The fourth-order valence-corrected chi connectivity index (χ4v) is 2.56. The summed E-state index contributed by atoms with van der Waals surface area (Å²) in [5.41, 5.74) is 1.99. The lowest BCUT2D eigenvalue weighted by molar-refractivity contribution is 0.0698. The second-order valence-corrected chi connectivity index (χ2v) is 5.46.